The Kier molecular flexibility index (Phi) is 7.94. The van der Waals surface area contributed by atoms with Gasteiger partial charge in [0.2, 0.25) is 0 Å². The Morgan fingerprint density at radius 1 is 1.28 bits per heavy atom. The number of hydrogen-bond acceptors (Lipinski definition) is 6. The number of piperidine rings is 1. The molecule has 2 fully saturated rings. The Balaban J connectivity index is 1.58. The number of nitrogens with one attached hydrogen (secondary N) is 1. The standard InChI is InChI=1S/C21H34N4O4/c1-4-28-20(26)17-7-9-25(10-8-17)21(22-3)23-15-18(19-6-5-16(2)29-19)24-11-13-27-14-12-24/h5-6,17-18H,4,7-15H2,1-3H3,(H,22,23). The van der Waals surface area contributed by atoms with Gasteiger partial charge < -0.3 is 24.1 Å². The van der Waals surface area contributed by atoms with Gasteiger partial charge in [0, 0.05) is 39.8 Å². The molecule has 8 heteroatoms. The molecule has 0 aromatic carbocycles. The van der Waals surface area contributed by atoms with Crippen molar-refractivity contribution in [2.24, 2.45) is 10.9 Å². The maximum Gasteiger partial charge on any atom is 0.309 e. The molecular formula is C21H34N4O4. The summed E-state index contributed by atoms with van der Waals surface area (Å²) in [4.78, 5) is 21.1. The lowest BCUT2D eigenvalue weighted by molar-refractivity contribution is -0.149. The maximum atomic E-state index is 12.0. The van der Waals surface area contributed by atoms with E-state index < -0.39 is 0 Å². The third kappa shape index (κ3) is 5.73. The van der Waals surface area contributed by atoms with E-state index in [9.17, 15) is 4.79 Å². The second-order valence-corrected chi connectivity index (χ2v) is 7.55. The second kappa shape index (κ2) is 10.6. The zero-order valence-electron chi connectivity index (χ0n) is 17.9. The van der Waals surface area contributed by atoms with E-state index in [1.54, 1.807) is 7.05 Å². The van der Waals surface area contributed by atoms with Gasteiger partial charge in [-0.1, -0.05) is 0 Å². The predicted molar refractivity (Wildman–Crippen MR) is 111 cm³/mol. The van der Waals surface area contributed by atoms with Gasteiger partial charge in [-0.25, -0.2) is 0 Å². The molecule has 0 aliphatic carbocycles. The monoisotopic (exact) mass is 406 g/mol. The third-order valence-electron chi connectivity index (χ3n) is 5.66. The van der Waals surface area contributed by atoms with Crippen LogP contribution in [-0.4, -0.2) is 81.3 Å². The average molecular weight is 407 g/mol. The summed E-state index contributed by atoms with van der Waals surface area (Å²) >= 11 is 0. The molecule has 0 saturated carbocycles. The number of ether oxygens (including phenoxy) is 2. The first-order valence-electron chi connectivity index (χ1n) is 10.6. The van der Waals surface area contributed by atoms with Crippen LogP contribution >= 0.6 is 0 Å². The number of likely N-dealkylation sites (tertiary alicyclic amines) is 1. The van der Waals surface area contributed by atoms with Gasteiger partial charge in [0.1, 0.15) is 11.5 Å². The summed E-state index contributed by atoms with van der Waals surface area (Å²) in [6, 6.07) is 4.20. The molecule has 0 amide bonds. The highest BCUT2D eigenvalue weighted by Crippen LogP contribution is 2.24. The third-order valence-corrected chi connectivity index (χ3v) is 5.66. The lowest BCUT2D eigenvalue weighted by Crippen LogP contribution is -2.49. The molecular weight excluding hydrogens is 372 g/mol. The first-order chi connectivity index (χ1) is 14.1. The van der Waals surface area contributed by atoms with Crippen molar-refractivity contribution < 1.29 is 18.7 Å². The predicted octanol–water partition coefficient (Wildman–Crippen LogP) is 1.81. The van der Waals surface area contributed by atoms with Crippen LogP contribution < -0.4 is 5.32 Å². The smallest absolute Gasteiger partial charge is 0.309 e. The van der Waals surface area contributed by atoms with Gasteiger partial charge in [0.05, 0.1) is 31.8 Å². The van der Waals surface area contributed by atoms with E-state index in [1.165, 1.54) is 0 Å². The number of guanidine groups is 1. The molecule has 8 nitrogen and oxygen atoms in total. The van der Waals surface area contributed by atoms with Crippen molar-refractivity contribution in [3.8, 4) is 0 Å². The summed E-state index contributed by atoms with van der Waals surface area (Å²) in [6.45, 7) is 9.82. The topological polar surface area (TPSA) is 79.5 Å². The van der Waals surface area contributed by atoms with Crippen LogP contribution in [-0.2, 0) is 14.3 Å². The summed E-state index contributed by atoms with van der Waals surface area (Å²) in [5, 5.41) is 3.53. The second-order valence-electron chi connectivity index (χ2n) is 7.55. The van der Waals surface area contributed by atoms with Gasteiger partial charge in [-0.2, -0.15) is 0 Å². The fraction of sp³-hybridized carbons (Fsp3) is 0.714. The summed E-state index contributed by atoms with van der Waals surface area (Å²) < 4.78 is 16.6. The number of morpholine rings is 1. The highest BCUT2D eigenvalue weighted by Gasteiger charge is 2.29. The number of esters is 1. The fourth-order valence-electron chi connectivity index (χ4n) is 4.04. The van der Waals surface area contributed by atoms with Gasteiger partial charge in [-0.3, -0.25) is 14.7 Å². The fourth-order valence-corrected chi connectivity index (χ4v) is 4.04. The van der Waals surface area contributed by atoms with Crippen molar-refractivity contribution in [1.82, 2.24) is 15.1 Å². The zero-order chi connectivity index (χ0) is 20.6. The average Bonchev–Trinajstić information content (AvgIpc) is 3.18. The molecule has 1 unspecified atom stereocenters. The van der Waals surface area contributed by atoms with Gasteiger partial charge in [0.15, 0.2) is 5.96 Å². The van der Waals surface area contributed by atoms with E-state index >= 15 is 0 Å². The van der Waals surface area contributed by atoms with Crippen LogP contribution in [0.2, 0.25) is 0 Å². The van der Waals surface area contributed by atoms with E-state index in [0.29, 0.717) is 13.2 Å². The van der Waals surface area contributed by atoms with Crippen LogP contribution in [0.4, 0.5) is 0 Å². The summed E-state index contributed by atoms with van der Waals surface area (Å²) in [5.41, 5.74) is 0. The summed E-state index contributed by atoms with van der Waals surface area (Å²) in [6.07, 6.45) is 1.59. The number of nitrogens with zero attached hydrogens (tertiary/aromatic N) is 3. The summed E-state index contributed by atoms with van der Waals surface area (Å²) in [5.74, 6) is 2.68. The van der Waals surface area contributed by atoms with E-state index in [2.05, 4.69) is 26.2 Å². The first-order valence-corrected chi connectivity index (χ1v) is 10.6. The molecule has 1 atom stereocenters. The van der Waals surface area contributed by atoms with Crippen molar-refractivity contribution in [3.63, 3.8) is 0 Å². The maximum absolute atomic E-state index is 12.0. The largest absolute Gasteiger partial charge is 0.466 e. The van der Waals surface area contributed by atoms with Crippen molar-refractivity contribution in [1.29, 1.82) is 0 Å². The number of aliphatic imine (C=N–C) groups is 1. The number of rotatable bonds is 6. The Morgan fingerprint density at radius 3 is 2.59 bits per heavy atom. The molecule has 2 aliphatic heterocycles. The first kappa shape index (κ1) is 21.6. The molecule has 0 spiro atoms. The number of carbonyl (C=O) groups is 1. The number of carbonyl (C=O) groups excluding carboxylic acids is 1. The van der Waals surface area contributed by atoms with Crippen molar-refractivity contribution in [2.75, 3.05) is 59.6 Å². The van der Waals surface area contributed by atoms with Crippen LogP contribution in [0, 0.1) is 12.8 Å². The van der Waals surface area contributed by atoms with Gasteiger partial charge in [-0.05, 0) is 38.8 Å². The Morgan fingerprint density at radius 2 is 2.00 bits per heavy atom. The molecule has 1 aromatic rings. The molecule has 3 rings (SSSR count). The van der Waals surface area contributed by atoms with Crippen molar-refractivity contribution in [3.05, 3.63) is 23.7 Å². The highest BCUT2D eigenvalue weighted by molar-refractivity contribution is 5.80. The molecule has 29 heavy (non-hydrogen) atoms. The highest BCUT2D eigenvalue weighted by atomic mass is 16.5. The quantitative estimate of drug-likeness (QED) is 0.438. The van der Waals surface area contributed by atoms with Crippen molar-refractivity contribution in [2.45, 2.75) is 32.7 Å². The normalized spacial score (nSPS) is 20.5. The van der Waals surface area contributed by atoms with Gasteiger partial charge in [0.25, 0.3) is 0 Å². The number of furan rings is 1. The van der Waals surface area contributed by atoms with E-state index in [1.807, 2.05) is 19.9 Å². The number of aryl methyl sites for hydroxylation is 1. The van der Waals surface area contributed by atoms with Crippen LogP contribution in [0.3, 0.4) is 0 Å². The lowest BCUT2D eigenvalue weighted by atomic mass is 9.97. The van der Waals surface area contributed by atoms with E-state index in [4.69, 9.17) is 13.9 Å². The Bertz CT molecular complexity index is 676. The van der Waals surface area contributed by atoms with E-state index in [-0.39, 0.29) is 17.9 Å². The van der Waals surface area contributed by atoms with Gasteiger partial charge in [-0.15, -0.1) is 0 Å². The Labute approximate surface area is 173 Å². The summed E-state index contributed by atoms with van der Waals surface area (Å²) in [7, 11) is 1.81. The van der Waals surface area contributed by atoms with Gasteiger partial charge >= 0.3 is 5.97 Å². The van der Waals surface area contributed by atoms with E-state index in [0.717, 1.165) is 69.7 Å². The number of hydrogen-bond donors (Lipinski definition) is 1. The van der Waals surface area contributed by atoms with Crippen LogP contribution in [0.25, 0.3) is 0 Å². The van der Waals surface area contributed by atoms with Crippen LogP contribution in [0.5, 0.6) is 0 Å². The minimum absolute atomic E-state index is 0.00324. The molecule has 3 heterocycles. The Hall–Kier alpha value is -2.06. The van der Waals surface area contributed by atoms with Crippen molar-refractivity contribution >= 4 is 11.9 Å². The van der Waals surface area contributed by atoms with Crippen LogP contribution in [0.1, 0.15) is 37.3 Å². The molecule has 1 aromatic heterocycles. The molecule has 0 radical (unpaired) electrons. The minimum atomic E-state index is -0.0735. The lowest BCUT2D eigenvalue weighted by Gasteiger charge is -2.36. The molecule has 162 valence electrons. The SMILES string of the molecule is CCOC(=O)C1CCN(C(=NC)NCC(c2ccc(C)o2)N2CCOCC2)CC1. The minimum Gasteiger partial charge on any atom is -0.466 e. The van der Waals surface area contributed by atoms with Crippen LogP contribution in [0.15, 0.2) is 21.5 Å². The zero-order valence-corrected chi connectivity index (χ0v) is 17.9. The molecule has 2 saturated heterocycles. The molecule has 1 N–H and O–H groups in total. The molecule has 2 aliphatic rings. The molecule has 0 bridgehead atoms.